The number of hydrogen-bond donors (Lipinski definition) is 1. The first kappa shape index (κ1) is 17.6. The van der Waals surface area contributed by atoms with Crippen molar-refractivity contribution >= 4 is 44.4 Å². The molecule has 3 nitrogen and oxygen atoms in total. The van der Waals surface area contributed by atoms with Crippen LogP contribution in [-0.2, 0) is 12.8 Å². The first-order valence-corrected chi connectivity index (χ1v) is 11.2. The Hall–Kier alpha value is -2.50. The van der Waals surface area contributed by atoms with Gasteiger partial charge in [-0.25, -0.2) is 4.98 Å². The van der Waals surface area contributed by atoms with Crippen LogP contribution >= 0.6 is 22.7 Å². The van der Waals surface area contributed by atoms with Crippen LogP contribution in [0, 0.1) is 6.92 Å². The highest BCUT2D eigenvalue weighted by Crippen LogP contribution is 2.43. The quantitative estimate of drug-likeness (QED) is 0.424. The zero-order valence-corrected chi connectivity index (χ0v) is 17.3. The van der Waals surface area contributed by atoms with E-state index in [9.17, 15) is 4.79 Å². The van der Waals surface area contributed by atoms with E-state index >= 15 is 0 Å². The summed E-state index contributed by atoms with van der Waals surface area (Å²) < 4.78 is 0. The van der Waals surface area contributed by atoms with Gasteiger partial charge in [-0.15, -0.1) is 22.7 Å². The lowest BCUT2D eigenvalue weighted by atomic mass is 9.88. The maximum absolute atomic E-state index is 13.1. The molecule has 0 unspecified atom stereocenters. The Morgan fingerprint density at radius 3 is 2.54 bits per heavy atom. The van der Waals surface area contributed by atoms with Crippen molar-refractivity contribution in [3.05, 3.63) is 68.9 Å². The zero-order valence-electron chi connectivity index (χ0n) is 15.6. The van der Waals surface area contributed by atoms with E-state index in [1.165, 1.54) is 33.8 Å². The minimum atomic E-state index is -0.0114. The number of rotatable bonds is 3. The molecule has 0 amide bonds. The van der Waals surface area contributed by atoms with Crippen LogP contribution in [0.5, 0.6) is 0 Å². The number of benzene rings is 1. The summed E-state index contributed by atoms with van der Waals surface area (Å²) in [6.45, 7) is 2.02. The molecule has 3 heterocycles. The van der Waals surface area contributed by atoms with Crippen LogP contribution in [-0.4, -0.2) is 10.8 Å². The van der Waals surface area contributed by atoms with Crippen molar-refractivity contribution in [3.8, 4) is 10.6 Å². The van der Waals surface area contributed by atoms with Crippen LogP contribution in [0.2, 0.25) is 0 Å². The summed E-state index contributed by atoms with van der Waals surface area (Å²) in [5.74, 6) is -0.0114. The summed E-state index contributed by atoms with van der Waals surface area (Å²) in [4.78, 5) is 20.8. The number of nitrogens with two attached hydrogens (primary N) is 1. The molecule has 5 rings (SSSR count). The number of ketones is 1. The lowest BCUT2D eigenvalue weighted by Gasteiger charge is -2.19. The second-order valence-electron chi connectivity index (χ2n) is 7.32. The SMILES string of the molecule is Cc1ccc(C(=O)c2sc3nc(-c4cccs4)c4c(c3c2N)CCCC4)cc1. The third-order valence-electron chi connectivity index (χ3n) is 5.47. The average Bonchev–Trinajstić information content (AvgIpc) is 3.36. The van der Waals surface area contributed by atoms with Crippen molar-refractivity contribution in [3.63, 3.8) is 0 Å². The third-order valence-corrected chi connectivity index (χ3v) is 7.44. The van der Waals surface area contributed by atoms with E-state index in [0.29, 0.717) is 16.1 Å². The zero-order chi connectivity index (χ0) is 19.3. The maximum atomic E-state index is 13.1. The second-order valence-corrected chi connectivity index (χ2v) is 9.27. The van der Waals surface area contributed by atoms with Crippen molar-refractivity contribution in [2.75, 3.05) is 5.73 Å². The molecule has 0 spiro atoms. The van der Waals surface area contributed by atoms with Gasteiger partial charge < -0.3 is 5.73 Å². The van der Waals surface area contributed by atoms with Crippen molar-refractivity contribution in [1.82, 2.24) is 4.98 Å². The number of carbonyl (C=O) groups excluding carboxylic acids is 1. The number of fused-ring (bicyclic) bond motifs is 3. The molecule has 4 aromatic rings. The van der Waals surface area contributed by atoms with Gasteiger partial charge in [0.15, 0.2) is 0 Å². The van der Waals surface area contributed by atoms with Crippen molar-refractivity contribution in [2.24, 2.45) is 0 Å². The number of pyridine rings is 1. The number of nitrogen functional groups attached to an aromatic ring is 1. The molecule has 0 radical (unpaired) electrons. The van der Waals surface area contributed by atoms with Gasteiger partial charge in [-0.3, -0.25) is 4.79 Å². The van der Waals surface area contributed by atoms with Crippen LogP contribution in [0.4, 0.5) is 5.69 Å². The predicted octanol–water partition coefficient (Wildman–Crippen LogP) is 6.03. The predicted molar refractivity (Wildman–Crippen MR) is 119 cm³/mol. The first-order valence-electron chi connectivity index (χ1n) is 9.52. The molecule has 1 aliphatic rings. The van der Waals surface area contributed by atoms with Gasteiger partial charge in [0, 0.05) is 10.9 Å². The Morgan fingerprint density at radius 1 is 1.07 bits per heavy atom. The van der Waals surface area contributed by atoms with E-state index in [0.717, 1.165) is 40.7 Å². The van der Waals surface area contributed by atoms with Crippen molar-refractivity contribution < 1.29 is 4.79 Å². The van der Waals surface area contributed by atoms with E-state index in [1.54, 1.807) is 11.3 Å². The number of aromatic nitrogens is 1. The average molecular weight is 405 g/mol. The number of thiophene rings is 2. The smallest absolute Gasteiger partial charge is 0.205 e. The standard InChI is InChI=1S/C23H20N2OS2/c1-13-8-10-14(11-9-13)21(26)22-19(24)18-15-5-2-3-6-16(15)20(25-23(18)28-22)17-7-4-12-27-17/h4,7-12H,2-3,5-6,24H2,1H3. The fourth-order valence-electron chi connectivity index (χ4n) is 4.04. The fraction of sp³-hybridized carbons (Fsp3) is 0.217. The molecule has 28 heavy (non-hydrogen) atoms. The van der Waals surface area contributed by atoms with Gasteiger partial charge >= 0.3 is 0 Å². The molecular formula is C23H20N2OS2. The molecule has 0 bridgehead atoms. The number of nitrogens with zero attached hydrogens (tertiary/aromatic N) is 1. The molecular weight excluding hydrogens is 384 g/mol. The fourth-order valence-corrected chi connectivity index (χ4v) is 5.86. The summed E-state index contributed by atoms with van der Waals surface area (Å²) in [5.41, 5.74) is 12.7. The van der Waals surface area contributed by atoms with Crippen LogP contribution in [0.3, 0.4) is 0 Å². The molecule has 2 N–H and O–H groups in total. The van der Waals surface area contributed by atoms with Gasteiger partial charge in [-0.2, -0.15) is 0 Å². The van der Waals surface area contributed by atoms with Crippen LogP contribution in [0.25, 0.3) is 20.8 Å². The summed E-state index contributed by atoms with van der Waals surface area (Å²) in [6.07, 6.45) is 4.37. The number of carbonyl (C=O) groups is 1. The lowest BCUT2D eigenvalue weighted by molar-refractivity contribution is 0.104. The maximum Gasteiger partial charge on any atom is 0.205 e. The Morgan fingerprint density at radius 2 is 1.82 bits per heavy atom. The van der Waals surface area contributed by atoms with Gasteiger partial charge in [-0.05, 0) is 55.2 Å². The normalized spacial score (nSPS) is 13.6. The van der Waals surface area contributed by atoms with Crippen LogP contribution in [0.1, 0.15) is 44.8 Å². The topological polar surface area (TPSA) is 56.0 Å². The molecule has 0 atom stereocenters. The molecule has 0 saturated carbocycles. The lowest BCUT2D eigenvalue weighted by Crippen LogP contribution is -2.07. The summed E-state index contributed by atoms with van der Waals surface area (Å²) in [5, 5.41) is 3.10. The van der Waals surface area contributed by atoms with Gasteiger partial charge in [0.1, 0.15) is 9.71 Å². The summed E-state index contributed by atoms with van der Waals surface area (Å²) in [6, 6.07) is 11.9. The van der Waals surface area contributed by atoms with Gasteiger partial charge in [0.2, 0.25) is 5.78 Å². The Bertz CT molecular complexity index is 1190. The Balaban J connectivity index is 1.72. The van der Waals surface area contributed by atoms with E-state index in [2.05, 4.69) is 17.5 Å². The van der Waals surface area contributed by atoms with Crippen LogP contribution in [0.15, 0.2) is 41.8 Å². The number of aryl methyl sites for hydroxylation is 2. The molecule has 0 aliphatic heterocycles. The number of anilines is 1. The minimum Gasteiger partial charge on any atom is -0.397 e. The molecule has 3 aromatic heterocycles. The molecule has 0 fully saturated rings. The van der Waals surface area contributed by atoms with E-state index in [4.69, 9.17) is 10.7 Å². The largest absolute Gasteiger partial charge is 0.397 e. The second kappa shape index (κ2) is 6.83. The highest BCUT2D eigenvalue weighted by molar-refractivity contribution is 7.21. The summed E-state index contributed by atoms with van der Waals surface area (Å²) >= 11 is 3.15. The summed E-state index contributed by atoms with van der Waals surface area (Å²) in [7, 11) is 0. The molecule has 140 valence electrons. The molecule has 1 aromatic carbocycles. The highest BCUT2D eigenvalue weighted by Gasteiger charge is 2.26. The van der Waals surface area contributed by atoms with Crippen LogP contribution < -0.4 is 5.73 Å². The van der Waals surface area contributed by atoms with Gasteiger partial charge in [0.05, 0.1) is 16.3 Å². The third kappa shape index (κ3) is 2.77. The molecule has 0 saturated heterocycles. The first-order chi connectivity index (χ1) is 13.6. The van der Waals surface area contributed by atoms with Crippen molar-refractivity contribution in [1.29, 1.82) is 0 Å². The van der Waals surface area contributed by atoms with E-state index < -0.39 is 0 Å². The monoisotopic (exact) mass is 404 g/mol. The van der Waals surface area contributed by atoms with Crippen molar-refractivity contribution in [2.45, 2.75) is 32.6 Å². The Labute approximate surface area is 171 Å². The highest BCUT2D eigenvalue weighted by atomic mass is 32.1. The molecule has 5 heteroatoms. The Kier molecular flexibility index (Phi) is 4.29. The molecule has 1 aliphatic carbocycles. The minimum absolute atomic E-state index is 0.0114. The van der Waals surface area contributed by atoms with E-state index in [-0.39, 0.29) is 5.78 Å². The number of hydrogen-bond acceptors (Lipinski definition) is 5. The van der Waals surface area contributed by atoms with Gasteiger partial charge in [-0.1, -0.05) is 35.9 Å². The van der Waals surface area contributed by atoms with Gasteiger partial charge in [0.25, 0.3) is 0 Å². The van der Waals surface area contributed by atoms with E-state index in [1.807, 2.05) is 31.2 Å².